The summed E-state index contributed by atoms with van der Waals surface area (Å²) in [7, 11) is 0. The fourth-order valence-electron chi connectivity index (χ4n) is 2.36. The Labute approximate surface area is 118 Å². The van der Waals surface area contributed by atoms with Crippen molar-refractivity contribution in [1.29, 1.82) is 0 Å². The van der Waals surface area contributed by atoms with Crippen LogP contribution in [0.15, 0.2) is 30.9 Å². The van der Waals surface area contributed by atoms with E-state index in [1.165, 1.54) is 11.1 Å². The fourth-order valence-corrected chi connectivity index (χ4v) is 2.36. The Hall–Kier alpha value is -1.24. The second kappa shape index (κ2) is 8.04. The van der Waals surface area contributed by atoms with Crippen molar-refractivity contribution in [3.8, 4) is 5.75 Å². The second-order valence-electron chi connectivity index (χ2n) is 5.43. The van der Waals surface area contributed by atoms with Crippen LogP contribution < -0.4 is 4.74 Å². The van der Waals surface area contributed by atoms with E-state index in [1.807, 2.05) is 6.08 Å². The summed E-state index contributed by atoms with van der Waals surface area (Å²) in [5, 5.41) is 0. The summed E-state index contributed by atoms with van der Waals surface area (Å²) in [4.78, 5) is 0. The predicted molar refractivity (Wildman–Crippen MR) is 84.2 cm³/mol. The molecular weight excluding hydrogens is 232 g/mol. The molecule has 0 aliphatic carbocycles. The van der Waals surface area contributed by atoms with Crippen molar-refractivity contribution < 1.29 is 4.74 Å². The van der Waals surface area contributed by atoms with Gasteiger partial charge in [0.25, 0.3) is 0 Å². The molecule has 1 rings (SSSR count). The van der Waals surface area contributed by atoms with Crippen LogP contribution in [0.1, 0.15) is 69.9 Å². The van der Waals surface area contributed by atoms with Gasteiger partial charge in [0.2, 0.25) is 0 Å². The zero-order valence-electron chi connectivity index (χ0n) is 12.9. The highest BCUT2D eigenvalue weighted by Gasteiger charge is 2.13. The molecule has 0 N–H and O–H groups in total. The SMILES string of the molecule is C=CCC(CC)c1ccc(OCCC)c(C(C)C)c1. The lowest BCUT2D eigenvalue weighted by atomic mass is 9.89. The summed E-state index contributed by atoms with van der Waals surface area (Å²) in [6.45, 7) is 13.5. The Morgan fingerprint density at radius 2 is 2.00 bits per heavy atom. The molecule has 1 aromatic carbocycles. The molecule has 0 amide bonds. The summed E-state index contributed by atoms with van der Waals surface area (Å²) in [6.07, 6.45) is 5.26. The third-order valence-corrected chi connectivity index (χ3v) is 3.53. The molecule has 0 radical (unpaired) electrons. The Bertz CT molecular complexity index is 393. The minimum absolute atomic E-state index is 0.494. The molecule has 0 aliphatic heterocycles. The quantitative estimate of drug-likeness (QED) is 0.547. The topological polar surface area (TPSA) is 9.23 Å². The molecular formula is C18H28O. The number of hydrogen-bond donors (Lipinski definition) is 0. The molecule has 19 heavy (non-hydrogen) atoms. The highest BCUT2D eigenvalue weighted by molar-refractivity contribution is 5.40. The number of hydrogen-bond acceptors (Lipinski definition) is 1. The van der Waals surface area contributed by atoms with Crippen LogP contribution >= 0.6 is 0 Å². The molecule has 1 unspecified atom stereocenters. The molecule has 1 aromatic rings. The molecule has 0 heterocycles. The standard InChI is InChI=1S/C18H28O/c1-6-9-15(8-3)16-10-11-18(19-12-7-2)17(13-16)14(4)5/h6,10-11,13-15H,1,7-9,12H2,2-5H3. The van der Waals surface area contributed by atoms with Crippen LogP contribution in [0.2, 0.25) is 0 Å². The molecule has 0 saturated carbocycles. The van der Waals surface area contributed by atoms with Gasteiger partial charge in [0, 0.05) is 0 Å². The molecule has 1 atom stereocenters. The number of allylic oxidation sites excluding steroid dienone is 1. The Morgan fingerprint density at radius 3 is 2.53 bits per heavy atom. The van der Waals surface area contributed by atoms with Gasteiger partial charge in [-0.2, -0.15) is 0 Å². The van der Waals surface area contributed by atoms with Gasteiger partial charge in [0.05, 0.1) is 6.61 Å². The van der Waals surface area contributed by atoms with E-state index >= 15 is 0 Å². The molecule has 106 valence electrons. The van der Waals surface area contributed by atoms with Gasteiger partial charge in [0.1, 0.15) is 5.75 Å². The maximum atomic E-state index is 5.86. The molecule has 0 fully saturated rings. The van der Waals surface area contributed by atoms with Crippen LogP contribution in [-0.4, -0.2) is 6.61 Å². The summed E-state index contributed by atoms with van der Waals surface area (Å²) < 4.78 is 5.86. The first kappa shape index (κ1) is 15.8. The first-order valence-corrected chi connectivity index (χ1v) is 7.51. The minimum Gasteiger partial charge on any atom is -0.493 e. The predicted octanol–water partition coefficient (Wildman–Crippen LogP) is 5.67. The van der Waals surface area contributed by atoms with Gasteiger partial charge in [-0.3, -0.25) is 0 Å². The lowest BCUT2D eigenvalue weighted by molar-refractivity contribution is 0.313. The van der Waals surface area contributed by atoms with Crippen LogP contribution in [-0.2, 0) is 0 Å². The molecule has 0 aliphatic rings. The highest BCUT2D eigenvalue weighted by Crippen LogP contribution is 2.32. The Balaban J connectivity index is 3.03. The Kier molecular flexibility index (Phi) is 6.69. The van der Waals surface area contributed by atoms with Gasteiger partial charge in [-0.1, -0.05) is 45.9 Å². The van der Waals surface area contributed by atoms with Crippen molar-refractivity contribution in [2.75, 3.05) is 6.61 Å². The van der Waals surface area contributed by atoms with E-state index in [4.69, 9.17) is 4.74 Å². The summed E-state index contributed by atoms with van der Waals surface area (Å²) in [5.74, 6) is 2.12. The molecule has 1 nitrogen and oxygen atoms in total. The number of ether oxygens (including phenoxy) is 1. The molecule has 0 aromatic heterocycles. The van der Waals surface area contributed by atoms with Gasteiger partial charge < -0.3 is 4.74 Å². The average Bonchev–Trinajstić information content (AvgIpc) is 2.42. The van der Waals surface area contributed by atoms with Crippen LogP contribution in [0.4, 0.5) is 0 Å². The number of benzene rings is 1. The highest BCUT2D eigenvalue weighted by atomic mass is 16.5. The van der Waals surface area contributed by atoms with E-state index in [1.54, 1.807) is 0 Å². The van der Waals surface area contributed by atoms with E-state index in [9.17, 15) is 0 Å². The smallest absolute Gasteiger partial charge is 0.122 e. The van der Waals surface area contributed by atoms with Crippen molar-refractivity contribution in [2.24, 2.45) is 0 Å². The van der Waals surface area contributed by atoms with Crippen LogP contribution in [0.3, 0.4) is 0 Å². The first-order valence-electron chi connectivity index (χ1n) is 7.51. The summed E-state index contributed by atoms with van der Waals surface area (Å²) in [5.41, 5.74) is 2.74. The van der Waals surface area contributed by atoms with Gasteiger partial charge in [-0.25, -0.2) is 0 Å². The van der Waals surface area contributed by atoms with Gasteiger partial charge in [0.15, 0.2) is 0 Å². The summed E-state index contributed by atoms with van der Waals surface area (Å²) >= 11 is 0. The normalized spacial score (nSPS) is 12.5. The van der Waals surface area contributed by atoms with Crippen molar-refractivity contribution in [3.63, 3.8) is 0 Å². The zero-order chi connectivity index (χ0) is 14.3. The molecule has 0 saturated heterocycles. The molecule has 0 bridgehead atoms. The van der Waals surface area contributed by atoms with Crippen molar-refractivity contribution in [2.45, 2.75) is 58.8 Å². The lowest BCUT2D eigenvalue weighted by Gasteiger charge is -2.19. The summed E-state index contributed by atoms with van der Waals surface area (Å²) in [6, 6.07) is 6.69. The van der Waals surface area contributed by atoms with E-state index < -0.39 is 0 Å². The van der Waals surface area contributed by atoms with E-state index in [0.29, 0.717) is 11.8 Å². The largest absolute Gasteiger partial charge is 0.493 e. The average molecular weight is 260 g/mol. The first-order chi connectivity index (χ1) is 9.13. The zero-order valence-corrected chi connectivity index (χ0v) is 12.9. The van der Waals surface area contributed by atoms with Crippen molar-refractivity contribution >= 4 is 0 Å². The third-order valence-electron chi connectivity index (χ3n) is 3.53. The van der Waals surface area contributed by atoms with Gasteiger partial charge >= 0.3 is 0 Å². The van der Waals surface area contributed by atoms with Gasteiger partial charge in [-0.05, 0) is 48.3 Å². The molecule has 1 heteroatoms. The maximum Gasteiger partial charge on any atom is 0.122 e. The maximum absolute atomic E-state index is 5.86. The fraction of sp³-hybridized carbons (Fsp3) is 0.556. The van der Waals surface area contributed by atoms with Crippen molar-refractivity contribution in [3.05, 3.63) is 42.0 Å². The monoisotopic (exact) mass is 260 g/mol. The second-order valence-corrected chi connectivity index (χ2v) is 5.43. The van der Waals surface area contributed by atoms with Crippen LogP contribution in [0.5, 0.6) is 5.75 Å². The molecule has 0 spiro atoms. The number of rotatable bonds is 8. The van der Waals surface area contributed by atoms with Crippen LogP contribution in [0.25, 0.3) is 0 Å². The van der Waals surface area contributed by atoms with E-state index in [2.05, 4.69) is 52.5 Å². The minimum atomic E-state index is 0.494. The third kappa shape index (κ3) is 4.41. The van der Waals surface area contributed by atoms with Gasteiger partial charge in [-0.15, -0.1) is 6.58 Å². The lowest BCUT2D eigenvalue weighted by Crippen LogP contribution is -2.03. The Morgan fingerprint density at radius 1 is 1.26 bits per heavy atom. The van der Waals surface area contributed by atoms with Crippen LogP contribution in [0, 0.1) is 0 Å². The van der Waals surface area contributed by atoms with E-state index in [-0.39, 0.29) is 0 Å². The van der Waals surface area contributed by atoms with E-state index in [0.717, 1.165) is 31.6 Å². The van der Waals surface area contributed by atoms with Crippen molar-refractivity contribution in [1.82, 2.24) is 0 Å².